The summed E-state index contributed by atoms with van der Waals surface area (Å²) < 4.78 is 20.1. The van der Waals surface area contributed by atoms with Gasteiger partial charge in [0.2, 0.25) is 0 Å². The van der Waals surface area contributed by atoms with E-state index in [9.17, 15) is 14.0 Å². The number of hydrogen-bond acceptors (Lipinski definition) is 5. The summed E-state index contributed by atoms with van der Waals surface area (Å²) >= 11 is 0. The van der Waals surface area contributed by atoms with Crippen molar-refractivity contribution in [2.45, 2.75) is 32.7 Å². The number of ketones is 1. The number of Topliss-reactive ketones (excluding diaryl/α,β-unsaturated/α-hetero) is 1. The summed E-state index contributed by atoms with van der Waals surface area (Å²) in [6.07, 6.45) is 2.29. The van der Waals surface area contributed by atoms with Gasteiger partial charge in [-0.25, -0.2) is 9.18 Å². The average molecular weight is 498 g/mol. The summed E-state index contributed by atoms with van der Waals surface area (Å²) in [4.78, 5) is 28.8. The topological polar surface area (TPSA) is 58.7 Å². The van der Waals surface area contributed by atoms with Crippen molar-refractivity contribution < 1.29 is 13.6 Å². The minimum atomic E-state index is -0.371. The van der Waals surface area contributed by atoms with Crippen molar-refractivity contribution in [3.05, 3.63) is 64.4 Å². The molecule has 0 bridgehead atoms. The predicted molar refractivity (Wildman–Crippen MR) is 134 cm³/mol. The first kappa shape index (κ1) is 26.9. The summed E-state index contributed by atoms with van der Waals surface area (Å²) in [6.45, 7) is 7.20. The first-order chi connectivity index (χ1) is 15.0. The fourth-order valence-corrected chi connectivity index (χ4v) is 4.14. The van der Waals surface area contributed by atoms with Gasteiger partial charge in [-0.2, -0.15) is 0 Å². The van der Waals surface area contributed by atoms with Crippen LogP contribution in [0.3, 0.4) is 0 Å². The average Bonchev–Trinajstić information content (AvgIpc) is 3.11. The third-order valence-corrected chi connectivity index (χ3v) is 5.98. The van der Waals surface area contributed by atoms with E-state index < -0.39 is 0 Å². The number of hydrogen-bond donors (Lipinski definition) is 0. The molecule has 0 saturated carbocycles. The molecule has 180 valence electrons. The molecule has 1 aromatic heterocycles. The molecule has 0 unspecified atom stereocenters. The number of aromatic nitrogens is 1. The van der Waals surface area contributed by atoms with Crippen LogP contribution in [0.1, 0.15) is 36.5 Å². The second-order valence-electron chi connectivity index (χ2n) is 7.99. The van der Waals surface area contributed by atoms with Crippen LogP contribution in [-0.2, 0) is 6.54 Å². The van der Waals surface area contributed by atoms with Crippen LogP contribution < -0.4 is 10.7 Å². The Morgan fingerprint density at radius 3 is 2.30 bits per heavy atom. The van der Waals surface area contributed by atoms with E-state index in [-0.39, 0.29) is 42.2 Å². The Morgan fingerprint density at radius 2 is 1.64 bits per heavy atom. The van der Waals surface area contributed by atoms with Crippen LogP contribution in [0.15, 0.2) is 51.7 Å². The Bertz CT molecular complexity index is 1110. The Balaban J connectivity index is 0.00000193. The molecule has 0 spiro atoms. The van der Waals surface area contributed by atoms with Gasteiger partial charge in [-0.3, -0.25) is 14.3 Å². The smallest absolute Gasteiger partial charge is 0.408 e. The van der Waals surface area contributed by atoms with Gasteiger partial charge in [-0.1, -0.05) is 6.92 Å². The number of carbonyl (C=O) groups is 1. The molecule has 0 radical (unpaired) electrons. The monoisotopic (exact) mass is 497 g/mol. The van der Waals surface area contributed by atoms with Crippen LogP contribution in [0.4, 0.5) is 10.1 Å². The zero-order valence-electron chi connectivity index (χ0n) is 18.7. The molecule has 1 aliphatic rings. The molecular weight excluding hydrogens is 468 g/mol. The van der Waals surface area contributed by atoms with Crippen LogP contribution >= 0.6 is 24.8 Å². The minimum absolute atomic E-state index is 0. The van der Waals surface area contributed by atoms with Crippen molar-refractivity contribution in [1.82, 2.24) is 9.47 Å². The Labute approximate surface area is 205 Å². The first-order valence-corrected chi connectivity index (χ1v) is 10.9. The highest BCUT2D eigenvalue weighted by Crippen LogP contribution is 2.18. The maximum atomic E-state index is 13.1. The Morgan fingerprint density at radius 1 is 0.970 bits per heavy atom. The standard InChI is InChI=1S/C24H28FN3O3.2ClH/c1-2-22(29)18-5-10-21-23(17-18)31-24(30)28(21)12-4-3-11-26-13-15-27(16-14-26)20-8-6-19(25)7-9-20;;/h5-10,17H,2-4,11-16H2,1H3;2*1H. The molecule has 33 heavy (non-hydrogen) atoms. The molecule has 2 heterocycles. The van der Waals surface area contributed by atoms with E-state index in [0.717, 1.165) is 56.8 Å². The minimum Gasteiger partial charge on any atom is -0.408 e. The van der Waals surface area contributed by atoms with E-state index in [0.29, 0.717) is 24.1 Å². The molecular formula is C24H30Cl2FN3O3. The van der Waals surface area contributed by atoms with Crippen molar-refractivity contribution >= 4 is 47.4 Å². The van der Waals surface area contributed by atoms with Gasteiger partial charge in [0.05, 0.1) is 5.52 Å². The van der Waals surface area contributed by atoms with E-state index in [4.69, 9.17) is 4.42 Å². The van der Waals surface area contributed by atoms with Gasteiger partial charge in [0.25, 0.3) is 0 Å². The molecule has 1 fully saturated rings. The SMILES string of the molecule is CCC(=O)c1ccc2c(c1)oc(=O)n2CCCCN1CCN(c2ccc(F)cc2)CC1.Cl.Cl. The molecule has 6 nitrogen and oxygen atoms in total. The lowest BCUT2D eigenvalue weighted by Crippen LogP contribution is -2.46. The van der Waals surface area contributed by atoms with Crippen LogP contribution in [0, 0.1) is 5.82 Å². The molecule has 3 aromatic rings. The number of anilines is 1. The molecule has 0 atom stereocenters. The molecule has 1 saturated heterocycles. The Hall–Kier alpha value is -2.35. The van der Waals surface area contributed by atoms with Crippen molar-refractivity contribution in [2.75, 3.05) is 37.6 Å². The fraction of sp³-hybridized carbons (Fsp3) is 0.417. The van der Waals surface area contributed by atoms with E-state index in [1.54, 1.807) is 22.8 Å². The molecule has 4 rings (SSSR count). The van der Waals surface area contributed by atoms with Crippen LogP contribution in [0.2, 0.25) is 0 Å². The summed E-state index contributed by atoms with van der Waals surface area (Å²) in [6, 6.07) is 11.9. The summed E-state index contributed by atoms with van der Waals surface area (Å²) in [7, 11) is 0. The van der Waals surface area contributed by atoms with Gasteiger partial charge < -0.3 is 9.32 Å². The molecule has 0 aliphatic carbocycles. The Kier molecular flexibility index (Phi) is 9.95. The largest absolute Gasteiger partial charge is 0.419 e. The van der Waals surface area contributed by atoms with Crippen molar-refractivity contribution in [3.8, 4) is 0 Å². The highest BCUT2D eigenvalue weighted by Gasteiger charge is 2.17. The molecule has 0 amide bonds. The summed E-state index contributed by atoms with van der Waals surface area (Å²) in [5.74, 6) is -0.539. The van der Waals surface area contributed by atoms with Crippen molar-refractivity contribution in [3.63, 3.8) is 0 Å². The number of benzene rings is 2. The van der Waals surface area contributed by atoms with E-state index in [1.165, 1.54) is 12.1 Å². The van der Waals surface area contributed by atoms with Gasteiger partial charge in [0.1, 0.15) is 5.82 Å². The zero-order chi connectivity index (χ0) is 21.8. The maximum Gasteiger partial charge on any atom is 0.419 e. The van der Waals surface area contributed by atoms with Gasteiger partial charge in [-0.05, 0) is 61.9 Å². The zero-order valence-corrected chi connectivity index (χ0v) is 20.3. The van der Waals surface area contributed by atoms with Gasteiger partial charge >= 0.3 is 5.76 Å². The number of piperazine rings is 1. The molecule has 1 aliphatic heterocycles. The highest BCUT2D eigenvalue weighted by molar-refractivity contribution is 5.98. The fourth-order valence-electron chi connectivity index (χ4n) is 4.14. The molecule has 0 N–H and O–H groups in total. The number of fused-ring (bicyclic) bond motifs is 1. The second-order valence-corrected chi connectivity index (χ2v) is 7.99. The van der Waals surface area contributed by atoms with Crippen molar-refractivity contribution in [2.24, 2.45) is 0 Å². The number of oxazole rings is 1. The molecule has 9 heteroatoms. The van der Waals surface area contributed by atoms with E-state index >= 15 is 0 Å². The lowest BCUT2D eigenvalue weighted by atomic mass is 10.1. The maximum absolute atomic E-state index is 13.1. The van der Waals surface area contributed by atoms with Crippen LogP contribution in [-0.4, -0.2) is 48.0 Å². The normalized spacial score (nSPS) is 14.1. The number of unbranched alkanes of at least 4 members (excludes halogenated alkanes) is 1. The molecule has 2 aromatic carbocycles. The lowest BCUT2D eigenvalue weighted by Gasteiger charge is -2.36. The number of rotatable bonds is 8. The van der Waals surface area contributed by atoms with Gasteiger partial charge in [-0.15, -0.1) is 24.8 Å². The van der Waals surface area contributed by atoms with Gasteiger partial charge in [0, 0.05) is 50.4 Å². The highest BCUT2D eigenvalue weighted by atomic mass is 35.5. The quantitative estimate of drug-likeness (QED) is 0.331. The lowest BCUT2D eigenvalue weighted by molar-refractivity contribution is 0.0988. The van der Waals surface area contributed by atoms with E-state index in [2.05, 4.69) is 9.80 Å². The van der Waals surface area contributed by atoms with E-state index in [1.807, 2.05) is 19.1 Å². The number of halogens is 3. The van der Waals surface area contributed by atoms with Gasteiger partial charge in [0.15, 0.2) is 11.4 Å². The third-order valence-electron chi connectivity index (χ3n) is 5.98. The van der Waals surface area contributed by atoms with Crippen LogP contribution in [0.5, 0.6) is 0 Å². The van der Waals surface area contributed by atoms with Crippen LogP contribution in [0.25, 0.3) is 11.1 Å². The third kappa shape index (κ3) is 6.37. The second kappa shape index (κ2) is 12.2. The number of nitrogens with zero attached hydrogens (tertiary/aromatic N) is 3. The van der Waals surface area contributed by atoms with Crippen molar-refractivity contribution in [1.29, 1.82) is 0 Å². The summed E-state index contributed by atoms with van der Waals surface area (Å²) in [5.41, 5.74) is 2.86. The summed E-state index contributed by atoms with van der Waals surface area (Å²) in [5, 5.41) is 0. The number of aryl methyl sites for hydroxylation is 1. The number of carbonyl (C=O) groups excluding carboxylic acids is 1. The predicted octanol–water partition coefficient (Wildman–Crippen LogP) is 4.77. The first-order valence-electron chi connectivity index (χ1n) is 10.9.